The van der Waals surface area contributed by atoms with E-state index in [2.05, 4.69) is 18.3 Å². The van der Waals surface area contributed by atoms with Crippen LogP contribution in [0.1, 0.15) is 29.7 Å². The largest absolute Gasteiger partial charge is 0.391 e. The molecular weight excluding hydrogens is 260 g/mol. The van der Waals surface area contributed by atoms with E-state index >= 15 is 0 Å². The van der Waals surface area contributed by atoms with Crippen LogP contribution in [0.4, 0.5) is 0 Å². The molecule has 0 amide bonds. The van der Waals surface area contributed by atoms with Crippen LogP contribution < -0.4 is 5.32 Å². The first kappa shape index (κ1) is 15.2. The van der Waals surface area contributed by atoms with Gasteiger partial charge in [0.1, 0.15) is 0 Å². The van der Waals surface area contributed by atoms with Crippen LogP contribution in [0, 0.1) is 11.3 Å². The summed E-state index contributed by atoms with van der Waals surface area (Å²) >= 11 is 0. The highest BCUT2D eigenvalue weighted by Gasteiger charge is 2.09. The minimum Gasteiger partial charge on any atom is -0.391 e. The topological polar surface area (TPSA) is 56.0 Å². The zero-order chi connectivity index (χ0) is 15.1. The van der Waals surface area contributed by atoms with E-state index in [1.54, 1.807) is 0 Å². The van der Waals surface area contributed by atoms with Crippen molar-refractivity contribution in [1.29, 1.82) is 5.26 Å². The second-order valence-corrected chi connectivity index (χ2v) is 5.21. The van der Waals surface area contributed by atoms with E-state index < -0.39 is 6.10 Å². The Morgan fingerprint density at radius 2 is 1.76 bits per heavy atom. The standard InChI is InChI=1S/C18H20N2O/c1-14(17-9-7-16(12-19)8-10-17)20-13-18(21)11-15-5-3-2-4-6-15/h2-10,14,18,20-21H,11,13H2,1H3/t14-,18+/m1/s1. The van der Waals surface area contributed by atoms with Crippen LogP contribution in [0.3, 0.4) is 0 Å². The smallest absolute Gasteiger partial charge is 0.0991 e. The molecule has 2 aromatic carbocycles. The molecule has 0 bridgehead atoms. The number of benzene rings is 2. The number of hydrogen-bond donors (Lipinski definition) is 2. The normalized spacial score (nSPS) is 13.4. The van der Waals surface area contributed by atoms with E-state index in [1.807, 2.05) is 54.6 Å². The van der Waals surface area contributed by atoms with E-state index in [-0.39, 0.29) is 6.04 Å². The molecule has 0 spiro atoms. The van der Waals surface area contributed by atoms with Gasteiger partial charge in [0.25, 0.3) is 0 Å². The average molecular weight is 280 g/mol. The van der Waals surface area contributed by atoms with Crippen LogP contribution >= 0.6 is 0 Å². The zero-order valence-electron chi connectivity index (χ0n) is 12.2. The minimum atomic E-state index is -0.409. The summed E-state index contributed by atoms with van der Waals surface area (Å²) in [7, 11) is 0. The van der Waals surface area contributed by atoms with Crippen LogP contribution in [0.15, 0.2) is 54.6 Å². The van der Waals surface area contributed by atoms with E-state index in [0.717, 1.165) is 11.1 Å². The second-order valence-electron chi connectivity index (χ2n) is 5.21. The maximum absolute atomic E-state index is 10.1. The Hall–Kier alpha value is -2.15. The molecule has 3 heteroatoms. The van der Waals surface area contributed by atoms with Gasteiger partial charge in [-0.3, -0.25) is 0 Å². The van der Waals surface area contributed by atoms with Gasteiger partial charge in [0.2, 0.25) is 0 Å². The van der Waals surface area contributed by atoms with E-state index in [9.17, 15) is 5.11 Å². The molecule has 0 aliphatic carbocycles. The predicted octanol–water partition coefficient (Wildman–Crippen LogP) is 2.81. The first-order valence-corrected chi connectivity index (χ1v) is 7.14. The number of aliphatic hydroxyl groups is 1. The lowest BCUT2D eigenvalue weighted by atomic mass is 10.1. The van der Waals surface area contributed by atoms with Crippen LogP contribution in [-0.4, -0.2) is 17.8 Å². The monoisotopic (exact) mass is 280 g/mol. The van der Waals surface area contributed by atoms with E-state index in [4.69, 9.17) is 5.26 Å². The third-order valence-electron chi connectivity index (χ3n) is 3.51. The van der Waals surface area contributed by atoms with Crippen molar-refractivity contribution in [1.82, 2.24) is 5.32 Å². The Labute approximate surface area is 125 Å². The molecule has 0 unspecified atom stereocenters. The Balaban J connectivity index is 1.82. The lowest BCUT2D eigenvalue weighted by molar-refractivity contribution is 0.168. The van der Waals surface area contributed by atoms with Crippen molar-refractivity contribution >= 4 is 0 Å². The molecule has 2 N–H and O–H groups in total. The molecule has 2 rings (SSSR count). The Bertz CT molecular complexity index is 587. The minimum absolute atomic E-state index is 0.142. The first-order chi connectivity index (χ1) is 10.2. The van der Waals surface area contributed by atoms with Crippen molar-refractivity contribution in [2.45, 2.75) is 25.5 Å². The Morgan fingerprint density at radius 3 is 2.38 bits per heavy atom. The van der Waals surface area contributed by atoms with Gasteiger partial charge in [-0.2, -0.15) is 5.26 Å². The SMILES string of the molecule is C[C@@H](NC[C@@H](O)Cc1ccccc1)c1ccc(C#N)cc1. The molecule has 0 saturated carbocycles. The fourth-order valence-electron chi connectivity index (χ4n) is 2.24. The fraction of sp³-hybridized carbons (Fsp3) is 0.278. The average Bonchev–Trinajstić information content (AvgIpc) is 2.53. The molecule has 21 heavy (non-hydrogen) atoms. The maximum atomic E-state index is 10.1. The molecule has 108 valence electrons. The third-order valence-corrected chi connectivity index (χ3v) is 3.51. The van der Waals surface area contributed by atoms with Gasteiger partial charge in [-0.25, -0.2) is 0 Å². The van der Waals surface area contributed by atoms with Gasteiger partial charge >= 0.3 is 0 Å². The second kappa shape index (κ2) is 7.58. The predicted molar refractivity (Wildman–Crippen MR) is 83.7 cm³/mol. The number of nitriles is 1. The summed E-state index contributed by atoms with van der Waals surface area (Å²) in [5.74, 6) is 0. The van der Waals surface area contributed by atoms with Gasteiger partial charge in [-0.15, -0.1) is 0 Å². The summed E-state index contributed by atoms with van der Waals surface area (Å²) in [6.07, 6.45) is 0.238. The highest BCUT2D eigenvalue weighted by atomic mass is 16.3. The number of nitrogens with one attached hydrogen (secondary N) is 1. The van der Waals surface area contributed by atoms with Gasteiger partial charge in [0, 0.05) is 12.6 Å². The summed E-state index contributed by atoms with van der Waals surface area (Å²) in [4.78, 5) is 0. The maximum Gasteiger partial charge on any atom is 0.0991 e. The molecule has 0 aliphatic heterocycles. The molecule has 2 atom stereocenters. The number of aliphatic hydroxyl groups excluding tert-OH is 1. The molecule has 0 fully saturated rings. The lowest BCUT2D eigenvalue weighted by Crippen LogP contribution is -2.30. The summed E-state index contributed by atoms with van der Waals surface area (Å²) in [6, 6.07) is 19.7. The highest BCUT2D eigenvalue weighted by molar-refractivity contribution is 5.32. The van der Waals surface area contributed by atoms with Crippen molar-refractivity contribution in [2.24, 2.45) is 0 Å². The molecule has 0 aliphatic rings. The van der Waals surface area contributed by atoms with Crippen molar-refractivity contribution in [3.05, 3.63) is 71.3 Å². The van der Waals surface area contributed by atoms with Crippen LogP contribution in [0.5, 0.6) is 0 Å². The van der Waals surface area contributed by atoms with E-state index in [0.29, 0.717) is 18.5 Å². The van der Waals surface area contributed by atoms with Gasteiger partial charge in [0.15, 0.2) is 0 Å². The molecule has 2 aromatic rings. The molecule has 0 aromatic heterocycles. The van der Waals surface area contributed by atoms with Gasteiger partial charge in [0.05, 0.1) is 17.7 Å². The fourth-order valence-corrected chi connectivity index (χ4v) is 2.24. The summed E-state index contributed by atoms with van der Waals surface area (Å²) in [5.41, 5.74) is 2.91. The van der Waals surface area contributed by atoms with Crippen LogP contribution in [0.25, 0.3) is 0 Å². The first-order valence-electron chi connectivity index (χ1n) is 7.14. The Morgan fingerprint density at radius 1 is 1.10 bits per heavy atom. The molecule has 3 nitrogen and oxygen atoms in total. The van der Waals surface area contributed by atoms with Crippen molar-refractivity contribution in [3.63, 3.8) is 0 Å². The van der Waals surface area contributed by atoms with Crippen molar-refractivity contribution in [2.75, 3.05) is 6.54 Å². The Kier molecular flexibility index (Phi) is 5.51. The molecule has 0 heterocycles. The van der Waals surface area contributed by atoms with Gasteiger partial charge in [-0.05, 0) is 36.6 Å². The number of nitrogens with zero attached hydrogens (tertiary/aromatic N) is 1. The number of hydrogen-bond acceptors (Lipinski definition) is 3. The van der Waals surface area contributed by atoms with Crippen molar-refractivity contribution in [3.8, 4) is 6.07 Å². The van der Waals surface area contributed by atoms with Crippen LogP contribution in [-0.2, 0) is 6.42 Å². The van der Waals surface area contributed by atoms with Crippen LogP contribution in [0.2, 0.25) is 0 Å². The van der Waals surface area contributed by atoms with E-state index in [1.165, 1.54) is 0 Å². The molecule has 0 radical (unpaired) electrons. The zero-order valence-corrected chi connectivity index (χ0v) is 12.2. The number of rotatable bonds is 6. The summed E-state index contributed by atoms with van der Waals surface area (Å²) in [6.45, 7) is 2.59. The molecular formula is C18H20N2O. The van der Waals surface area contributed by atoms with Gasteiger partial charge < -0.3 is 10.4 Å². The highest BCUT2D eigenvalue weighted by Crippen LogP contribution is 2.13. The summed E-state index contributed by atoms with van der Waals surface area (Å²) < 4.78 is 0. The van der Waals surface area contributed by atoms with Gasteiger partial charge in [-0.1, -0.05) is 42.5 Å². The third kappa shape index (κ3) is 4.71. The lowest BCUT2D eigenvalue weighted by Gasteiger charge is -2.17. The quantitative estimate of drug-likeness (QED) is 0.855. The van der Waals surface area contributed by atoms with Crippen molar-refractivity contribution < 1.29 is 5.11 Å². The summed E-state index contributed by atoms with van der Waals surface area (Å²) in [5, 5.41) is 22.2. The molecule has 0 saturated heterocycles.